The number of carbonyl (C=O) groups excluding carboxylic acids is 1. The van der Waals surface area contributed by atoms with Gasteiger partial charge in [0, 0.05) is 51.2 Å². The Morgan fingerprint density at radius 1 is 1.00 bits per heavy atom. The van der Waals surface area contributed by atoms with Crippen molar-refractivity contribution >= 4 is 12.0 Å². The Hall–Kier alpha value is -2.46. The summed E-state index contributed by atoms with van der Waals surface area (Å²) in [5.74, 6) is 0.0844. The molecule has 0 unspecified atom stereocenters. The summed E-state index contributed by atoms with van der Waals surface area (Å²) in [4.78, 5) is 20.5. The van der Waals surface area contributed by atoms with Crippen molar-refractivity contribution in [2.24, 2.45) is 0 Å². The first-order valence-electron chi connectivity index (χ1n) is 7.94. The van der Waals surface area contributed by atoms with Crippen LogP contribution in [0.3, 0.4) is 0 Å². The fraction of sp³-hybridized carbons (Fsp3) is 0.263. The molecule has 1 amide bonds. The molecule has 118 valence electrons. The van der Waals surface area contributed by atoms with Crippen LogP contribution in [0, 0.1) is 0 Å². The molecule has 0 aliphatic carbocycles. The number of aromatic nitrogens is 1. The van der Waals surface area contributed by atoms with Crippen LogP contribution in [0.4, 0.5) is 0 Å². The van der Waals surface area contributed by atoms with Gasteiger partial charge in [0.05, 0.1) is 0 Å². The topological polar surface area (TPSA) is 36.4 Å². The molecule has 1 aliphatic heterocycles. The highest BCUT2D eigenvalue weighted by molar-refractivity contribution is 5.91. The SMILES string of the molecule is O=C(/C=C/c1ccncc1)N1CCN(Cc2ccccc2)CC1. The second-order valence-electron chi connectivity index (χ2n) is 5.70. The van der Waals surface area contributed by atoms with Gasteiger partial charge in [-0.3, -0.25) is 14.7 Å². The summed E-state index contributed by atoms with van der Waals surface area (Å²) in [6.45, 7) is 4.36. The molecule has 1 saturated heterocycles. The lowest BCUT2D eigenvalue weighted by molar-refractivity contribution is -0.127. The van der Waals surface area contributed by atoms with Crippen LogP contribution in [0.2, 0.25) is 0 Å². The molecule has 2 heterocycles. The van der Waals surface area contributed by atoms with E-state index in [2.05, 4.69) is 34.1 Å². The fourth-order valence-corrected chi connectivity index (χ4v) is 2.72. The number of amides is 1. The van der Waals surface area contributed by atoms with Gasteiger partial charge >= 0.3 is 0 Å². The van der Waals surface area contributed by atoms with Gasteiger partial charge in [0.1, 0.15) is 0 Å². The third-order valence-electron chi connectivity index (χ3n) is 4.06. The van der Waals surface area contributed by atoms with Crippen LogP contribution in [0.25, 0.3) is 6.08 Å². The molecule has 4 nitrogen and oxygen atoms in total. The van der Waals surface area contributed by atoms with Crippen molar-refractivity contribution in [1.82, 2.24) is 14.8 Å². The van der Waals surface area contributed by atoms with Crippen LogP contribution in [-0.4, -0.2) is 46.9 Å². The molecular formula is C19H21N3O. The lowest BCUT2D eigenvalue weighted by Gasteiger charge is -2.34. The zero-order chi connectivity index (χ0) is 15.9. The van der Waals surface area contributed by atoms with E-state index in [-0.39, 0.29) is 5.91 Å². The van der Waals surface area contributed by atoms with Gasteiger partial charge in [-0.25, -0.2) is 0 Å². The number of pyridine rings is 1. The maximum Gasteiger partial charge on any atom is 0.246 e. The molecule has 0 spiro atoms. The Morgan fingerprint density at radius 3 is 2.39 bits per heavy atom. The van der Waals surface area contributed by atoms with E-state index in [0.29, 0.717) is 0 Å². The Bertz CT molecular complexity index is 647. The van der Waals surface area contributed by atoms with Crippen molar-refractivity contribution in [3.05, 3.63) is 72.1 Å². The normalized spacial score (nSPS) is 15.9. The second-order valence-corrected chi connectivity index (χ2v) is 5.70. The monoisotopic (exact) mass is 307 g/mol. The molecule has 0 saturated carbocycles. The third-order valence-corrected chi connectivity index (χ3v) is 4.06. The Kier molecular flexibility index (Phi) is 5.17. The first-order valence-corrected chi connectivity index (χ1v) is 7.94. The van der Waals surface area contributed by atoms with Crippen molar-refractivity contribution in [3.63, 3.8) is 0 Å². The van der Waals surface area contributed by atoms with Crippen molar-refractivity contribution in [1.29, 1.82) is 0 Å². The highest BCUT2D eigenvalue weighted by Gasteiger charge is 2.19. The van der Waals surface area contributed by atoms with Crippen LogP contribution < -0.4 is 0 Å². The number of benzene rings is 1. The summed E-state index contributed by atoms with van der Waals surface area (Å²) in [5.41, 5.74) is 2.32. The van der Waals surface area contributed by atoms with E-state index in [9.17, 15) is 4.79 Å². The first kappa shape index (κ1) is 15.4. The molecule has 0 atom stereocenters. The van der Waals surface area contributed by atoms with E-state index in [1.54, 1.807) is 18.5 Å². The number of rotatable bonds is 4. The van der Waals surface area contributed by atoms with Crippen molar-refractivity contribution in [2.75, 3.05) is 26.2 Å². The molecule has 1 aromatic carbocycles. The van der Waals surface area contributed by atoms with Crippen molar-refractivity contribution in [3.8, 4) is 0 Å². The van der Waals surface area contributed by atoms with Crippen LogP contribution in [-0.2, 0) is 11.3 Å². The van der Waals surface area contributed by atoms with Crippen LogP contribution in [0.1, 0.15) is 11.1 Å². The predicted octanol–water partition coefficient (Wildman–Crippen LogP) is 2.44. The Morgan fingerprint density at radius 2 is 1.70 bits per heavy atom. The largest absolute Gasteiger partial charge is 0.337 e. The quantitative estimate of drug-likeness (QED) is 0.814. The minimum atomic E-state index is 0.0844. The maximum atomic E-state index is 12.2. The lowest BCUT2D eigenvalue weighted by atomic mass is 10.2. The highest BCUT2D eigenvalue weighted by Crippen LogP contribution is 2.09. The smallest absolute Gasteiger partial charge is 0.246 e. The molecular weight excluding hydrogens is 286 g/mol. The van der Waals surface area contributed by atoms with E-state index < -0.39 is 0 Å². The fourth-order valence-electron chi connectivity index (χ4n) is 2.72. The van der Waals surface area contributed by atoms with E-state index >= 15 is 0 Å². The molecule has 1 aliphatic rings. The Labute approximate surface area is 137 Å². The van der Waals surface area contributed by atoms with E-state index in [4.69, 9.17) is 0 Å². The van der Waals surface area contributed by atoms with E-state index in [1.807, 2.05) is 29.2 Å². The molecule has 0 radical (unpaired) electrons. The molecule has 0 N–H and O–H groups in total. The highest BCUT2D eigenvalue weighted by atomic mass is 16.2. The molecule has 23 heavy (non-hydrogen) atoms. The van der Waals surface area contributed by atoms with Gasteiger partial charge in [-0.1, -0.05) is 30.3 Å². The van der Waals surface area contributed by atoms with Crippen molar-refractivity contribution < 1.29 is 4.79 Å². The van der Waals surface area contributed by atoms with Gasteiger partial charge in [0.25, 0.3) is 0 Å². The Balaban J connectivity index is 1.48. The molecule has 0 bridgehead atoms. The summed E-state index contributed by atoms with van der Waals surface area (Å²) < 4.78 is 0. The number of nitrogens with zero attached hydrogens (tertiary/aromatic N) is 3. The van der Waals surface area contributed by atoms with Crippen LogP contribution in [0.5, 0.6) is 0 Å². The summed E-state index contributed by atoms with van der Waals surface area (Å²) in [7, 11) is 0. The minimum Gasteiger partial charge on any atom is -0.337 e. The predicted molar refractivity (Wildman–Crippen MR) is 91.6 cm³/mol. The van der Waals surface area contributed by atoms with Crippen LogP contribution in [0.15, 0.2) is 60.9 Å². The number of carbonyl (C=O) groups is 1. The van der Waals surface area contributed by atoms with Gasteiger partial charge < -0.3 is 4.90 Å². The van der Waals surface area contributed by atoms with Gasteiger partial charge in [0.15, 0.2) is 0 Å². The molecule has 2 aromatic rings. The summed E-state index contributed by atoms with van der Waals surface area (Å²) in [6.07, 6.45) is 6.96. The standard InChI is InChI=1S/C19H21N3O/c23-19(7-6-17-8-10-20-11-9-17)22-14-12-21(13-15-22)16-18-4-2-1-3-5-18/h1-11H,12-16H2/b7-6+. The van der Waals surface area contributed by atoms with E-state index in [1.165, 1.54) is 5.56 Å². The average molecular weight is 307 g/mol. The third kappa shape index (κ3) is 4.50. The minimum absolute atomic E-state index is 0.0844. The van der Waals surface area contributed by atoms with Gasteiger partial charge in [-0.15, -0.1) is 0 Å². The first-order chi connectivity index (χ1) is 11.3. The molecule has 1 aromatic heterocycles. The number of hydrogen-bond acceptors (Lipinski definition) is 3. The molecule has 3 rings (SSSR count). The zero-order valence-electron chi connectivity index (χ0n) is 13.1. The van der Waals surface area contributed by atoms with Gasteiger partial charge in [-0.05, 0) is 29.3 Å². The summed E-state index contributed by atoms with van der Waals surface area (Å²) in [6, 6.07) is 14.3. The summed E-state index contributed by atoms with van der Waals surface area (Å²) in [5, 5.41) is 0. The maximum absolute atomic E-state index is 12.2. The number of piperazine rings is 1. The van der Waals surface area contributed by atoms with Crippen LogP contribution >= 0.6 is 0 Å². The average Bonchev–Trinajstić information content (AvgIpc) is 2.62. The second kappa shape index (κ2) is 7.70. The van der Waals surface area contributed by atoms with E-state index in [0.717, 1.165) is 38.3 Å². The van der Waals surface area contributed by atoms with Gasteiger partial charge in [0.2, 0.25) is 5.91 Å². The molecule has 4 heteroatoms. The van der Waals surface area contributed by atoms with Crippen molar-refractivity contribution in [2.45, 2.75) is 6.54 Å². The summed E-state index contributed by atoms with van der Waals surface area (Å²) >= 11 is 0. The van der Waals surface area contributed by atoms with Gasteiger partial charge in [-0.2, -0.15) is 0 Å². The lowest BCUT2D eigenvalue weighted by Crippen LogP contribution is -2.47. The number of hydrogen-bond donors (Lipinski definition) is 0. The zero-order valence-corrected chi connectivity index (χ0v) is 13.1. The molecule has 1 fully saturated rings.